The normalized spacial score (nSPS) is 27.7. The van der Waals surface area contributed by atoms with Gasteiger partial charge in [-0.1, -0.05) is 37.3 Å². The number of nitrogens with one attached hydrogen (secondary N) is 1. The van der Waals surface area contributed by atoms with Gasteiger partial charge >= 0.3 is 0 Å². The van der Waals surface area contributed by atoms with Gasteiger partial charge in [-0.3, -0.25) is 19.5 Å². The Labute approximate surface area is 161 Å². The summed E-state index contributed by atoms with van der Waals surface area (Å²) in [6, 6.07) is 9.97. The fourth-order valence-electron chi connectivity index (χ4n) is 4.35. The Balaban J connectivity index is 1.34. The summed E-state index contributed by atoms with van der Waals surface area (Å²) in [4.78, 5) is 32.5. The minimum Gasteiger partial charge on any atom is -0.352 e. The van der Waals surface area contributed by atoms with Gasteiger partial charge in [-0.15, -0.1) is 0 Å². The monoisotopic (exact) mass is 367 g/mol. The first kappa shape index (κ1) is 18.2. The number of amidine groups is 1. The number of nitrogens with zero attached hydrogens (tertiary/aromatic N) is 2. The molecule has 0 radical (unpaired) electrons. The van der Waals surface area contributed by atoms with Crippen LogP contribution >= 0.6 is 0 Å². The van der Waals surface area contributed by atoms with Crippen LogP contribution in [-0.4, -0.2) is 34.6 Å². The van der Waals surface area contributed by atoms with Gasteiger partial charge in [0.25, 0.3) is 5.91 Å². The average molecular weight is 367 g/mol. The lowest BCUT2D eigenvalue weighted by atomic mass is 9.76. The molecule has 2 saturated carbocycles. The first-order valence-electron chi connectivity index (χ1n) is 10.3. The van der Waals surface area contributed by atoms with Crippen molar-refractivity contribution in [2.24, 2.45) is 16.8 Å². The van der Waals surface area contributed by atoms with Crippen molar-refractivity contribution in [3.8, 4) is 0 Å². The molecule has 1 aromatic rings. The Morgan fingerprint density at radius 1 is 1.19 bits per heavy atom. The van der Waals surface area contributed by atoms with E-state index in [0.29, 0.717) is 25.3 Å². The molecule has 27 heavy (non-hydrogen) atoms. The molecule has 1 N–H and O–H groups in total. The van der Waals surface area contributed by atoms with Crippen LogP contribution in [0, 0.1) is 11.8 Å². The predicted octanol–water partition coefficient (Wildman–Crippen LogP) is 3.29. The van der Waals surface area contributed by atoms with Gasteiger partial charge in [0.05, 0.1) is 0 Å². The van der Waals surface area contributed by atoms with Crippen LogP contribution in [0.25, 0.3) is 0 Å². The Morgan fingerprint density at radius 2 is 1.89 bits per heavy atom. The molecular formula is C22H29N3O2. The SMILES string of the molecule is CCC1=NC2(CCC(C(=O)NCc3ccccc3)CC2)C(=O)N1CC1CC1. The van der Waals surface area contributed by atoms with Crippen molar-refractivity contribution >= 4 is 17.6 Å². The van der Waals surface area contributed by atoms with Gasteiger partial charge in [0.2, 0.25) is 5.91 Å². The van der Waals surface area contributed by atoms with Crippen molar-refractivity contribution < 1.29 is 9.59 Å². The second-order valence-electron chi connectivity index (χ2n) is 8.25. The highest BCUT2D eigenvalue weighted by Crippen LogP contribution is 2.41. The van der Waals surface area contributed by atoms with Crippen molar-refractivity contribution in [2.45, 2.75) is 64.0 Å². The fourth-order valence-corrected chi connectivity index (χ4v) is 4.35. The van der Waals surface area contributed by atoms with E-state index in [4.69, 9.17) is 4.99 Å². The number of benzene rings is 1. The first-order chi connectivity index (χ1) is 13.1. The van der Waals surface area contributed by atoms with Crippen molar-refractivity contribution in [1.29, 1.82) is 0 Å². The molecule has 0 bridgehead atoms. The minimum absolute atomic E-state index is 0.00936. The van der Waals surface area contributed by atoms with Crippen molar-refractivity contribution in [3.05, 3.63) is 35.9 Å². The zero-order chi connectivity index (χ0) is 18.9. The van der Waals surface area contributed by atoms with Crippen LogP contribution in [0.2, 0.25) is 0 Å². The van der Waals surface area contributed by atoms with Crippen LogP contribution < -0.4 is 5.32 Å². The molecule has 1 aromatic carbocycles. The lowest BCUT2D eigenvalue weighted by Gasteiger charge is -2.33. The van der Waals surface area contributed by atoms with E-state index in [9.17, 15) is 9.59 Å². The van der Waals surface area contributed by atoms with Gasteiger partial charge in [-0.2, -0.15) is 0 Å². The maximum atomic E-state index is 13.1. The maximum Gasteiger partial charge on any atom is 0.255 e. The van der Waals surface area contributed by atoms with Crippen LogP contribution in [0.5, 0.6) is 0 Å². The average Bonchev–Trinajstić information content (AvgIpc) is 3.49. The largest absolute Gasteiger partial charge is 0.352 e. The standard InChI is InChI=1S/C22H29N3O2/c1-2-19-24-22(21(27)25(19)15-17-8-9-17)12-10-18(11-13-22)20(26)23-14-16-6-4-3-5-7-16/h3-7,17-18H,2,8-15H2,1H3,(H,23,26). The van der Waals surface area contributed by atoms with Gasteiger partial charge in [-0.25, -0.2) is 0 Å². The molecule has 3 aliphatic rings. The van der Waals surface area contributed by atoms with Crippen LogP contribution in [0.1, 0.15) is 57.4 Å². The van der Waals surface area contributed by atoms with E-state index in [1.807, 2.05) is 35.2 Å². The number of carbonyl (C=O) groups excluding carboxylic acids is 2. The van der Waals surface area contributed by atoms with Crippen molar-refractivity contribution in [1.82, 2.24) is 10.2 Å². The molecule has 4 rings (SSSR count). The summed E-state index contributed by atoms with van der Waals surface area (Å²) in [5.41, 5.74) is 0.521. The third-order valence-electron chi connectivity index (χ3n) is 6.24. The summed E-state index contributed by atoms with van der Waals surface area (Å²) in [5, 5.41) is 3.05. The molecule has 2 fully saturated rings. The zero-order valence-electron chi connectivity index (χ0n) is 16.1. The van der Waals surface area contributed by atoms with E-state index in [-0.39, 0.29) is 17.7 Å². The van der Waals surface area contributed by atoms with E-state index in [1.165, 1.54) is 12.8 Å². The molecule has 0 atom stereocenters. The van der Waals surface area contributed by atoms with Gasteiger partial charge in [-0.05, 0) is 50.0 Å². The number of rotatable bonds is 6. The number of aliphatic imine (C=N–C) groups is 1. The zero-order valence-corrected chi connectivity index (χ0v) is 16.1. The smallest absolute Gasteiger partial charge is 0.255 e. The molecule has 1 aliphatic heterocycles. The molecule has 144 valence electrons. The fraction of sp³-hybridized carbons (Fsp3) is 0.591. The summed E-state index contributed by atoms with van der Waals surface area (Å²) in [5.74, 6) is 1.91. The molecule has 5 heteroatoms. The highest BCUT2D eigenvalue weighted by molar-refractivity contribution is 6.08. The molecule has 1 heterocycles. The summed E-state index contributed by atoms with van der Waals surface area (Å²) in [6.07, 6.45) is 6.14. The Morgan fingerprint density at radius 3 is 2.52 bits per heavy atom. The van der Waals surface area contributed by atoms with Gasteiger partial charge in [0.15, 0.2) is 0 Å². The van der Waals surface area contributed by atoms with Crippen LogP contribution in [-0.2, 0) is 16.1 Å². The Kier molecular flexibility index (Phi) is 5.02. The van der Waals surface area contributed by atoms with Crippen molar-refractivity contribution in [2.75, 3.05) is 6.54 Å². The molecular weight excluding hydrogens is 338 g/mol. The topological polar surface area (TPSA) is 61.8 Å². The molecule has 0 saturated heterocycles. The van der Waals surface area contributed by atoms with Gasteiger partial charge in [0, 0.05) is 25.4 Å². The highest BCUT2D eigenvalue weighted by Gasteiger charge is 2.50. The number of carbonyl (C=O) groups is 2. The lowest BCUT2D eigenvalue weighted by molar-refractivity contribution is -0.135. The van der Waals surface area contributed by atoms with Gasteiger partial charge in [0.1, 0.15) is 11.4 Å². The number of hydrogen-bond donors (Lipinski definition) is 1. The molecule has 5 nitrogen and oxygen atoms in total. The number of hydrogen-bond acceptors (Lipinski definition) is 3. The Bertz CT molecular complexity index is 731. The van der Waals surface area contributed by atoms with Crippen molar-refractivity contribution in [3.63, 3.8) is 0 Å². The second kappa shape index (κ2) is 7.45. The van der Waals surface area contributed by atoms with E-state index in [0.717, 1.165) is 37.2 Å². The minimum atomic E-state index is -0.587. The van der Waals surface area contributed by atoms with Crippen LogP contribution in [0.3, 0.4) is 0 Å². The van der Waals surface area contributed by atoms with Crippen LogP contribution in [0.15, 0.2) is 35.3 Å². The lowest BCUT2D eigenvalue weighted by Crippen LogP contribution is -2.47. The summed E-state index contributed by atoms with van der Waals surface area (Å²) >= 11 is 0. The van der Waals surface area contributed by atoms with E-state index >= 15 is 0 Å². The van der Waals surface area contributed by atoms with Gasteiger partial charge < -0.3 is 5.32 Å². The van der Waals surface area contributed by atoms with E-state index in [1.54, 1.807) is 0 Å². The molecule has 2 amide bonds. The molecule has 2 aliphatic carbocycles. The third kappa shape index (κ3) is 3.78. The first-order valence-corrected chi connectivity index (χ1v) is 10.3. The summed E-state index contributed by atoms with van der Waals surface area (Å²) in [6.45, 7) is 3.48. The molecule has 0 aromatic heterocycles. The third-order valence-corrected chi connectivity index (χ3v) is 6.24. The molecule has 1 spiro atoms. The van der Waals surface area contributed by atoms with E-state index < -0.39 is 5.54 Å². The predicted molar refractivity (Wildman–Crippen MR) is 105 cm³/mol. The van der Waals surface area contributed by atoms with E-state index in [2.05, 4.69) is 12.2 Å². The maximum absolute atomic E-state index is 13.1. The molecule has 0 unspecified atom stereocenters. The highest BCUT2D eigenvalue weighted by atomic mass is 16.2. The Hall–Kier alpha value is -2.17. The summed E-state index contributed by atoms with van der Waals surface area (Å²) < 4.78 is 0. The second-order valence-corrected chi connectivity index (χ2v) is 8.25. The number of amides is 2. The quantitative estimate of drug-likeness (QED) is 0.839. The summed E-state index contributed by atoms with van der Waals surface area (Å²) in [7, 11) is 0. The van der Waals surface area contributed by atoms with Crippen LogP contribution in [0.4, 0.5) is 0 Å².